The second kappa shape index (κ2) is 13.0. The van der Waals surface area contributed by atoms with Crippen molar-refractivity contribution in [1.82, 2.24) is 40.0 Å². The minimum atomic E-state index is -1.21. The maximum Gasteiger partial charge on any atom is 0.138 e. The summed E-state index contributed by atoms with van der Waals surface area (Å²) in [5.74, 6) is -0.451. The summed E-state index contributed by atoms with van der Waals surface area (Å²) in [6, 6.07) is 3.23. The van der Waals surface area contributed by atoms with Crippen molar-refractivity contribution in [2.75, 3.05) is 26.9 Å². The predicted molar refractivity (Wildman–Crippen MR) is 153 cm³/mol. The smallest absolute Gasteiger partial charge is 0.138 e. The number of aliphatic hydroxyl groups excluding tert-OH is 3. The monoisotopic (exact) mass is 678 g/mol. The number of methoxy groups -OCH3 is 1. The summed E-state index contributed by atoms with van der Waals surface area (Å²) in [4.78, 5) is 8.01. The molecule has 5 heterocycles. The number of benzene rings is 1. The Morgan fingerprint density at radius 1 is 1.05 bits per heavy atom. The number of nitrogens with zero attached hydrogens (tertiary/aromatic N) is 8. The molecule has 228 valence electrons. The van der Waals surface area contributed by atoms with Crippen LogP contribution in [0.25, 0.3) is 22.5 Å². The molecule has 1 aromatic carbocycles. The zero-order chi connectivity index (χ0) is 30.1. The van der Waals surface area contributed by atoms with Crippen LogP contribution < -0.4 is 0 Å². The SMILES string of the molecule is CO[C@@H]1[C@@H](n2cc(-c3ccc(Br)c(F)c3)nn2)[C@@H](O)[C@@H](CO)O[C@H]1S[C@@H]1COC[C@H](n2cc(-c3cncnc3)nn2)[C@H]1O. The molecule has 43 heavy (non-hydrogen) atoms. The molecule has 0 radical (unpaired) electrons. The molecule has 0 spiro atoms. The van der Waals surface area contributed by atoms with Gasteiger partial charge in [-0.2, -0.15) is 0 Å². The Hall–Kier alpha value is -2.90. The number of aromatic nitrogens is 8. The molecule has 8 atom stereocenters. The molecule has 2 saturated heterocycles. The topological polar surface area (TPSA) is 176 Å². The normalized spacial score (nSPS) is 29.5. The molecule has 2 aliphatic heterocycles. The minimum Gasteiger partial charge on any atom is -0.394 e. The van der Waals surface area contributed by atoms with Crippen LogP contribution in [0.3, 0.4) is 0 Å². The number of ether oxygens (including phenoxy) is 3. The van der Waals surface area contributed by atoms with Crippen LogP contribution in [0.1, 0.15) is 12.1 Å². The highest BCUT2D eigenvalue weighted by Gasteiger charge is 2.49. The average Bonchev–Trinajstić information content (AvgIpc) is 3.71. The van der Waals surface area contributed by atoms with E-state index in [1.165, 1.54) is 35.9 Å². The third-order valence-corrected chi connectivity index (χ3v) is 9.54. The minimum absolute atomic E-state index is 0.213. The van der Waals surface area contributed by atoms with Gasteiger partial charge in [0.1, 0.15) is 59.4 Å². The molecular weight excluding hydrogens is 651 g/mol. The summed E-state index contributed by atoms with van der Waals surface area (Å²) in [6.07, 6.45) is 4.07. The summed E-state index contributed by atoms with van der Waals surface area (Å²) in [7, 11) is 1.48. The van der Waals surface area contributed by atoms with Gasteiger partial charge < -0.3 is 29.5 Å². The van der Waals surface area contributed by atoms with E-state index >= 15 is 0 Å². The lowest BCUT2D eigenvalue weighted by molar-refractivity contribution is -0.186. The van der Waals surface area contributed by atoms with Gasteiger partial charge in [-0.25, -0.2) is 23.7 Å². The molecule has 17 heteroatoms. The van der Waals surface area contributed by atoms with E-state index in [0.29, 0.717) is 27.0 Å². The fraction of sp³-hybridized carbons (Fsp3) is 0.462. The molecule has 3 aromatic heterocycles. The van der Waals surface area contributed by atoms with Gasteiger partial charge in [0.2, 0.25) is 0 Å². The van der Waals surface area contributed by atoms with Crippen LogP contribution in [0.15, 0.2) is 53.8 Å². The van der Waals surface area contributed by atoms with Gasteiger partial charge in [0, 0.05) is 30.6 Å². The third kappa shape index (κ3) is 6.08. The summed E-state index contributed by atoms with van der Waals surface area (Å²) in [5, 5.41) is 48.9. The molecule has 0 unspecified atom stereocenters. The number of aliphatic hydroxyl groups is 3. The van der Waals surface area contributed by atoms with Gasteiger partial charge in [-0.3, -0.25) is 0 Å². The van der Waals surface area contributed by atoms with Crippen LogP contribution in [0, 0.1) is 5.82 Å². The van der Waals surface area contributed by atoms with Crippen LogP contribution in [-0.4, -0.2) is 117 Å². The van der Waals surface area contributed by atoms with Crippen molar-refractivity contribution in [3.63, 3.8) is 0 Å². The molecule has 14 nitrogen and oxygen atoms in total. The fourth-order valence-corrected chi connectivity index (χ4v) is 6.95. The van der Waals surface area contributed by atoms with E-state index < -0.39 is 59.6 Å². The van der Waals surface area contributed by atoms with Gasteiger partial charge in [0.15, 0.2) is 0 Å². The Bertz CT molecular complexity index is 1530. The van der Waals surface area contributed by atoms with Crippen LogP contribution in [0.4, 0.5) is 4.39 Å². The van der Waals surface area contributed by atoms with Crippen LogP contribution in [-0.2, 0) is 14.2 Å². The lowest BCUT2D eigenvalue weighted by Gasteiger charge is -2.45. The van der Waals surface area contributed by atoms with E-state index in [1.54, 1.807) is 41.6 Å². The van der Waals surface area contributed by atoms with E-state index in [0.717, 1.165) is 0 Å². The van der Waals surface area contributed by atoms with E-state index in [9.17, 15) is 19.7 Å². The predicted octanol–water partition coefficient (Wildman–Crippen LogP) is 1.26. The average molecular weight is 680 g/mol. The van der Waals surface area contributed by atoms with Crippen molar-refractivity contribution in [2.45, 2.75) is 47.2 Å². The third-order valence-electron chi connectivity index (χ3n) is 7.49. The molecular formula is C26H28BrFN8O6S. The first-order valence-electron chi connectivity index (χ1n) is 13.3. The molecule has 0 amide bonds. The van der Waals surface area contributed by atoms with Gasteiger partial charge in [0.25, 0.3) is 0 Å². The highest BCUT2D eigenvalue weighted by Crippen LogP contribution is 2.41. The Morgan fingerprint density at radius 3 is 2.49 bits per heavy atom. The molecule has 2 fully saturated rings. The number of rotatable bonds is 8. The zero-order valence-corrected chi connectivity index (χ0v) is 25.1. The van der Waals surface area contributed by atoms with E-state index in [-0.39, 0.29) is 13.2 Å². The van der Waals surface area contributed by atoms with Gasteiger partial charge in [-0.1, -0.05) is 16.5 Å². The first-order valence-corrected chi connectivity index (χ1v) is 15.0. The number of hydrogen-bond donors (Lipinski definition) is 3. The van der Waals surface area contributed by atoms with Crippen LogP contribution in [0.5, 0.6) is 0 Å². The Balaban J connectivity index is 1.22. The maximum atomic E-state index is 14.2. The number of hydrogen-bond acceptors (Lipinski definition) is 13. The van der Waals surface area contributed by atoms with Crippen molar-refractivity contribution in [3.05, 3.63) is 59.6 Å². The molecule has 6 rings (SSSR count). The summed E-state index contributed by atoms with van der Waals surface area (Å²) in [6.45, 7) is -0.0429. The Labute approximate surface area is 257 Å². The highest BCUT2D eigenvalue weighted by molar-refractivity contribution is 9.10. The quantitative estimate of drug-likeness (QED) is 0.243. The Morgan fingerprint density at radius 2 is 1.77 bits per heavy atom. The van der Waals surface area contributed by atoms with Gasteiger partial charge in [-0.05, 0) is 28.1 Å². The lowest BCUT2D eigenvalue weighted by atomic mass is 9.97. The van der Waals surface area contributed by atoms with Crippen molar-refractivity contribution >= 4 is 27.7 Å². The first kappa shape index (κ1) is 30.1. The van der Waals surface area contributed by atoms with Gasteiger partial charge >= 0.3 is 0 Å². The van der Waals surface area contributed by atoms with Crippen molar-refractivity contribution in [3.8, 4) is 22.5 Å². The Kier molecular flexibility index (Phi) is 9.11. The molecule has 0 aliphatic carbocycles. The second-order valence-electron chi connectivity index (χ2n) is 10.1. The first-order chi connectivity index (χ1) is 20.9. The summed E-state index contributed by atoms with van der Waals surface area (Å²) >= 11 is 4.41. The fourth-order valence-electron chi connectivity index (χ4n) is 5.21. The molecule has 2 aliphatic rings. The van der Waals surface area contributed by atoms with E-state index in [2.05, 4.69) is 46.5 Å². The second-order valence-corrected chi connectivity index (χ2v) is 12.3. The van der Waals surface area contributed by atoms with Crippen molar-refractivity contribution in [1.29, 1.82) is 0 Å². The number of thioether (sulfide) groups is 1. The molecule has 0 saturated carbocycles. The summed E-state index contributed by atoms with van der Waals surface area (Å²) in [5.41, 5.74) is 1.38. The zero-order valence-electron chi connectivity index (χ0n) is 22.7. The van der Waals surface area contributed by atoms with E-state index in [1.807, 2.05) is 0 Å². The van der Waals surface area contributed by atoms with Crippen LogP contribution in [0.2, 0.25) is 0 Å². The molecule has 3 N–H and O–H groups in total. The molecule has 4 aromatic rings. The maximum absolute atomic E-state index is 14.2. The lowest BCUT2D eigenvalue weighted by Crippen LogP contribution is -2.56. The standard InChI is InChI=1S/C26H28BrFN8O6S/c1-40-25-22(36-8-17(31-34-36)13-2-3-15(27)16(28)4-13)24(39)20(9-37)42-26(25)43-21-11-41-10-19(23(21)38)35-7-18(32-33-35)14-5-29-12-30-6-14/h2-8,12,19-26,37-39H,9-11H2,1H3/t19-,20+,21+,22-,23+,24-,25+,26-/m0/s1. The van der Waals surface area contributed by atoms with Gasteiger partial charge in [-0.15, -0.1) is 22.0 Å². The van der Waals surface area contributed by atoms with Crippen molar-refractivity contribution in [2.24, 2.45) is 0 Å². The number of halogens is 2. The highest BCUT2D eigenvalue weighted by atomic mass is 79.9. The van der Waals surface area contributed by atoms with E-state index in [4.69, 9.17) is 14.2 Å². The largest absolute Gasteiger partial charge is 0.394 e. The van der Waals surface area contributed by atoms with Crippen molar-refractivity contribution < 1.29 is 33.9 Å². The molecule has 0 bridgehead atoms. The summed E-state index contributed by atoms with van der Waals surface area (Å²) < 4.78 is 35.2. The van der Waals surface area contributed by atoms with Gasteiger partial charge in [0.05, 0.1) is 48.0 Å². The van der Waals surface area contributed by atoms with Crippen LogP contribution >= 0.6 is 27.7 Å².